The van der Waals surface area contributed by atoms with Crippen LogP contribution >= 0.6 is 0 Å². The molecule has 6 heteroatoms. The van der Waals surface area contributed by atoms with E-state index in [4.69, 9.17) is 5.11 Å². The molecular weight excluding hydrogens is 228 g/mol. The second-order valence-corrected chi connectivity index (χ2v) is 6.32. The molecule has 1 fully saturated rings. The van der Waals surface area contributed by atoms with Crippen molar-refractivity contribution < 1.29 is 13.5 Å². The van der Waals surface area contributed by atoms with Crippen molar-refractivity contribution in [2.24, 2.45) is 5.92 Å². The van der Waals surface area contributed by atoms with E-state index in [-0.39, 0.29) is 12.5 Å². The van der Waals surface area contributed by atoms with Crippen LogP contribution in [0, 0.1) is 5.92 Å². The average molecular weight is 250 g/mol. The second-order valence-electron chi connectivity index (χ2n) is 4.62. The number of hydrogen-bond acceptors (Lipinski definition) is 3. The van der Waals surface area contributed by atoms with Gasteiger partial charge >= 0.3 is 0 Å². The molecule has 0 radical (unpaired) electrons. The summed E-state index contributed by atoms with van der Waals surface area (Å²) >= 11 is 0. The molecule has 1 aliphatic rings. The van der Waals surface area contributed by atoms with Gasteiger partial charge in [0.1, 0.15) is 0 Å². The summed E-state index contributed by atoms with van der Waals surface area (Å²) in [5.74, 6) is 0.0876. The van der Waals surface area contributed by atoms with E-state index in [0.717, 1.165) is 19.3 Å². The lowest BCUT2D eigenvalue weighted by Crippen LogP contribution is -2.49. The minimum absolute atomic E-state index is 0.0876. The van der Waals surface area contributed by atoms with Crippen molar-refractivity contribution in [3.05, 3.63) is 0 Å². The van der Waals surface area contributed by atoms with Crippen LogP contribution < -0.4 is 4.72 Å². The molecule has 1 unspecified atom stereocenters. The fourth-order valence-corrected chi connectivity index (χ4v) is 3.37. The molecule has 16 heavy (non-hydrogen) atoms. The summed E-state index contributed by atoms with van der Waals surface area (Å²) < 4.78 is 28.0. The molecule has 0 aromatic carbocycles. The van der Waals surface area contributed by atoms with E-state index in [0.29, 0.717) is 13.1 Å². The first-order chi connectivity index (χ1) is 7.47. The third kappa shape index (κ3) is 3.69. The summed E-state index contributed by atoms with van der Waals surface area (Å²) in [4.78, 5) is 0. The molecule has 1 rings (SSSR count). The van der Waals surface area contributed by atoms with Gasteiger partial charge in [-0.1, -0.05) is 20.3 Å². The molecule has 0 bridgehead atoms. The van der Waals surface area contributed by atoms with Crippen LogP contribution in [0.1, 0.15) is 33.1 Å². The molecule has 1 heterocycles. The summed E-state index contributed by atoms with van der Waals surface area (Å²) in [6, 6.07) is -0.396. The predicted molar refractivity (Wildman–Crippen MR) is 63.2 cm³/mol. The molecule has 0 saturated carbocycles. The Morgan fingerprint density at radius 1 is 1.25 bits per heavy atom. The van der Waals surface area contributed by atoms with Crippen LogP contribution in [0.2, 0.25) is 0 Å². The van der Waals surface area contributed by atoms with Gasteiger partial charge < -0.3 is 5.11 Å². The van der Waals surface area contributed by atoms with Gasteiger partial charge in [0.25, 0.3) is 10.2 Å². The van der Waals surface area contributed by atoms with E-state index < -0.39 is 16.3 Å². The smallest absolute Gasteiger partial charge is 0.279 e. The lowest BCUT2D eigenvalue weighted by molar-refractivity contribution is 0.223. The van der Waals surface area contributed by atoms with Gasteiger partial charge in [0, 0.05) is 19.1 Å². The highest BCUT2D eigenvalue weighted by Gasteiger charge is 2.27. The molecule has 1 saturated heterocycles. The molecule has 1 aliphatic heterocycles. The second kappa shape index (κ2) is 5.95. The van der Waals surface area contributed by atoms with Gasteiger partial charge in [-0.3, -0.25) is 0 Å². The lowest BCUT2D eigenvalue weighted by atomic mass is 10.1. The Morgan fingerprint density at radius 2 is 1.81 bits per heavy atom. The third-order valence-electron chi connectivity index (χ3n) is 2.96. The monoisotopic (exact) mass is 250 g/mol. The standard InChI is InChI=1S/C10H22N2O3S/c1-9(2)10(8-13)11-16(14,15)12-6-4-3-5-7-12/h9-11,13H,3-8H2,1-2H3. The zero-order valence-electron chi connectivity index (χ0n) is 10.0. The summed E-state index contributed by atoms with van der Waals surface area (Å²) in [5, 5.41) is 9.11. The number of nitrogens with one attached hydrogen (secondary N) is 1. The maximum absolute atomic E-state index is 12.0. The largest absolute Gasteiger partial charge is 0.395 e. The van der Waals surface area contributed by atoms with Gasteiger partial charge in [-0.2, -0.15) is 17.4 Å². The first kappa shape index (κ1) is 13.9. The van der Waals surface area contributed by atoms with Gasteiger partial charge in [-0.05, 0) is 18.8 Å². The van der Waals surface area contributed by atoms with Crippen molar-refractivity contribution in [1.82, 2.24) is 9.03 Å². The van der Waals surface area contributed by atoms with E-state index >= 15 is 0 Å². The quantitative estimate of drug-likeness (QED) is 0.738. The third-order valence-corrected chi connectivity index (χ3v) is 4.60. The first-order valence-electron chi connectivity index (χ1n) is 5.85. The fraction of sp³-hybridized carbons (Fsp3) is 1.00. The Labute approximate surface area is 98.0 Å². The molecular formula is C10H22N2O3S. The highest BCUT2D eigenvalue weighted by molar-refractivity contribution is 7.87. The molecule has 0 aromatic rings. The van der Waals surface area contributed by atoms with E-state index in [1.165, 1.54) is 4.31 Å². The summed E-state index contributed by atoms with van der Waals surface area (Å²) in [7, 11) is -3.42. The van der Waals surface area contributed by atoms with Crippen LogP contribution in [0.4, 0.5) is 0 Å². The Morgan fingerprint density at radius 3 is 2.25 bits per heavy atom. The zero-order valence-corrected chi connectivity index (χ0v) is 10.8. The highest BCUT2D eigenvalue weighted by Crippen LogP contribution is 2.13. The SMILES string of the molecule is CC(C)C(CO)NS(=O)(=O)N1CCCCC1. The molecule has 1 atom stereocenters. The molecule has 0 aromatic heterocycles. The number of aliphatic hydroxyl groups is 1. The van der Waals surface area contributed by atoms with Gasteiger partial charge in [-0.15, -0.1) is 0 Å². The minimum atomic E-state index is -3.42. The van der Waals surface area contributed by atoms with Crippen molar-refractivity contribution in [2.45, 2.75) is 39.2 Å². The summed E-state index contributed by atoms with van der Waals surface area (Å²) in [5.41, 5.74) is 0. The predicted octanol–water partition coefficient (Wildman–Crippen LogP) is 0.324. The summed E-state index contributed by atoms with van der Waals surface area (Å²) in [6.45, 7) is 4.79. The number of rotatable bonds is 5. The van der Waals surface area contributed by atoms with Crippen LogP contribution in [0.25, 0.3) is 0 Å². The molecule has 96 valence electrons. The number of piperidine rings is 1. The molecule has 2 N–H and O–H groups in total. The fourth-order valence-electron chi connectivity index (χ4n) is 1.76. The van der Waals surface area contributed by atoms with Crippen LogP contribution in [-0.4, -0.2) is 43.6 Å². The molecule has 5 nitrogen and oxygen atoms in total. The van der Waals surface area contributed by atoms with Crippen LogP contribution in [-0.2, 0) is 10.2 Å². The average Bonchev–Trinajstić information content (AvgIpc) is 2.27. The molecule has 0 aliphatic carbocycles. The van der Waals surface area contributed by atoms with Gasteiger partial charge in [0.15, 0.2) is 0 Å². The van der Waals surface area contributed by atoms with Crippen molar-refractivity contribution in [2.75, 3.05) is 19.7 Å². The van der Waals surface area contributed by atoms with Crippen molar-refractivity contribution in [3.63, 3.8) is 0 Å². The van der Waals surface area contributed by atoms with E-state index in [9.17, 15) is 8.42 Å². The molecule has 0 spiro atoms. The van der Waals surface area contributed by atoms with E-state index in [1.807, 2.05) is 13.8 Å². The first-order valence-corrected chi connectivity index (χ1v) is 7.29. The highest BCUT2D eigenvalue weighted by atomic mass is 32.2. The van der Waals surface area contributed by atoms with Crippen molar-refractivity contribution >= 4 is 10.2 Å². The number of hydrogen-bond donors (Lipinski definition) is 2. The number of aliphatic hydroxyl groups excluding tert-OH is 1. The number of nitrogens with zero attached hydrogens (tertiary/aromatic N) is 1. The lowest BCUT2D eigenvalue weighted by Gasteiger charge is -2.29. The van der Waals surface area contributed by atoms with Crippen LogP contribution in [0.5, 0.6) is 0 Å². The molecule has 0 amide bonds. The van der Waals surface area contributed by atoms with Crippen LogP contribution in [0.3, 0.4) is 0 Å². The van der Waals surface area contributed by atoms with Gasteiger partial charge in [-0.25, -0.2) is 0 Å². The van der Waals surface area contributed by atoms with E-state index in [2.05, 4.69) is 4.72 Å². The maximum atomic E-state index is 12.0. The Bertz CT molecular complexity index is 297. The van der Waals surface area contributed by atoms with Crippen LogP contribution in [0.15, 0.2) is 0 Å². The van der Waals surface area contributed by atoms with Gasteiger partial charge in [0.05, 0.1) is 6.61 Å². The minimum Gasteiger partial charge on any atom is -0.395 e. The van der Waals surface area contributed by atoms with Crippen molar-refractivity contribution in [3.8, 4) is 0 Å². The zero-order chi connectivity index (χ0) is 12.2. The van der Waals surface area contributed by atoms with Crippen molar-refractivity contribution in [1.29, 1.82) is 0 Å². The van der Waals surface area contributed by atoms with E-state index in [1.54, 1.807) is 0 Å². The van der Waals surface area contributed by atoms with Gasteiger partial charge in [0.2, 0.25) is 0 Å². The Hall–Kier alpha value is -0.170. The Kier molecular flexibility index (Phi) is 5.17. The summed E-state index contributed by atoms with van der Waals surface area (Å²) in [6.07, 6.45) is 2.94. The topological polar surface area (TPSA) is 69.6 Å². The maximum Gasteiger partial charge on any atom is 0.279 e. The normalized spacial score (nSPS) is 21.2. The Balaban J connectivity index is 2.62.